The number of quaternary nitrogens is 2. The maximum atomic E-state index is 11.8. The number of anilines is 4. The quantitative estimate of drug-likeness (QED) is 0.0585. The van der Waals surface area contributed by atoms with Crippen molar-refractivity contribution in [1.29, 1.82) is 0 Å². The van der Waals surface area contributed by atoms with Gasteiger partial charge in [-0.1, -0.05) is 24.3 Å². The molecule has 0 bridgehead atoms. The Hall–Kier alpha value is -5.14. The summed E-state index contributed by atoms with van der Waals surface area (Å²) < 4.78 is 45.6. The van der Waals surface area contributed by atoms with E-state index in [0.717, 1.165) is 25.7 Å². The maximum Gasteiger partial charge on any atom is 0.328 e. The molecule has 340 valence electrons. The summed E-state index contributed by atoms with van der Waals surface area (Å²) in [6, 6.07) is -1.56. The molecule has 8 rings (SSSR count). The van der Waals surface area contributed by atoms with Gasteiger partial charge in [0.15, 0.2) is 34.0 Å². The maximum absolute atomic E-state index is 11.8. The van der Waals surface area contributed by atoms with E-state index in [4.69, 9.17) is 32.0 Å². The molecule has 28 heteroatoms. The van der Waals surface area contributed by atoms with Crippen LogP contribution in [0.15, 0.2) is 37.0 Å². The third-order valence-electron chi connectivity index (χ3n) is 9.77. The van der Waals surface area contributed by atoms with Gasteiger partial charge in [0.05, 0.1) is 38.0 Å². The molecule has 2 fully saturated rings. The second-order valence-corrected chi connectivity index (χ2v) is 17.8. The lowest BCUT2D eigenvalue weighted by molar-refractivity contribution is -0.227. The molecular weight excluding hydrogens is 854 g/mol. The van der Waals surface area contributed by atoms with Crippen molar-refractivity contribution in [3.05, 3.63) is 37.0 Å². The number of carbonyl (C=O) groups is 2. The molecule has 4 heterocycles. The number of nitrogen functional groups attached to an aromatic ring is 2. The molecule has 0 aromatic carbocycles. The molecule has 8 atom stereocenters. The summed E-state index contributed by atoms with van der Waals surface area (Å²) in [5, 5.41) is 6.62. The molecule has 4 aliphatic carbocycles. The highest BCUT2D eigenvalue weighted by atomic mass is 31.2. The molecule has 4 aromatic rings. The van der Waals surface area contributed by atoms with Crippen LogP contribution in [0.5, 0.6) is 0 Å². The minimum absolute atomic E-state index is 0. The Balaban J connectivity index is 0.000000227. The van der Waals surface area contributed by atoms with Gasteiger partial charge in [-0.2, -0.15) is 19.9 Å². The van der Waals surface area contributed by atoms with Crippen LogP contribution < -0.4 is 55.7 Å². The van der Waals surface area contributed by atoms with E-state index >= 15 is 0 Å². The summed E-state index contributed by atoms with van der Waals surface area (Å²) in [5.74, 6) is -1.00. The first-order chi connectivity index (χ1) is 28.4. The summed E-state index contributed by atoms with van der Waals surface area (Å²) in [6.07, 6.45) is 16.3. The average molecular weight is 909 g/mol. The van der Waals surface area contributed by atoms with Crippen LogP contribution in [0.3, 0.4) is 0 Å². The number of fused-ring (bicyclic) bond motifs is 2. The number of imidazole rings is 2. The third kappa shape index (κ3) is 12.1. The predicted octanol–water partition coefficient (Wildman–Crippen LogP) is 1.70. The van der Waals surface area contributed by atoms with Crippen LogP contribution in [0.4, 0.5) is 23.5 Å². The van der Waals surface area contributed by atoms with Crippen molar-refractivity contribution >= 4 is 73.4 Å². The predicted molar refractivity (Wildman–Crippen MR) is 224 cm³/mol. The van der Waals surface area contributed by atoms with Crippen molar-refractivity contribution in [1.82, 2.24) is 51.3 Å². The Morgan fingerprint density at radius 1 is 0.710 bits per heavy atom. The van der Waals surface area contributed by atoms with Gasteiger partial charge in [0.2, 0.25) is 11.9 Å². The summed E-state index contributed by atoms with van der Waals surface area (Å²) in [5.41, 5.74) is 24.8. The van der Waals surface area contributed by atoms with E-state index in [1.807, 2.05) is 33.4 Å². The number of nitrogens with two attached hydrogens (primary N) is 4. The third-order valence-corrected chi connectivity index (χ3v) is 11.5. The first-order valence-electron chi connectivity index (χ1n) is 19.2. The van der Waals surface area contributed by atoms with Gasteiger partial charge in [-0.25, -0.2) is 9.97 Å². The molecule has 0 saturated heterocycles. The number of hydrogen-bond acceptors (Lipinski definition) is 22. The Labute approximate surface area is 355 Å². The lowest BCUT2D eigenvalue weighted by Crippen LogP contribution is -2.30. The normalized spacial score (nSPS) is 23.2. The van der Waals surface area contributed by atoms with Crippen LogP contribution >= 0.6 is 15.6 Å². The number of phosphoric acid groups is 2. The summed E-state index contributed by atoms with van der Waals surface area (Å²) in [7, 11) is -9.55. The number of allylic oxidation sites excluding steroid dienone is 2. The van der Waals surface area contributed by atoms with Crippen LogP contribution in [-0.4, -0.2) is 88.4 Å². The minimum Gasteiger partial charge on any atom is -0.746 e. The molecule has 0 amide bonds. The molecule has 4 aliphatic rings. The zero-order valence-electron chi connectivity index (χ0n) is 34.6. The number of rotatable bonds is 16. The Morgan fingerprint density at radius 2 is 1.08 bits per heavy atom. The van der Waals surface area contributed by atoms with Crippen LogP contribution in [0.25, 0.3) is 22.3 Å². The molecule has 0 spiro atoms. The fourth-order valence-corrected chi connectivity index (χ4v) is 8.00. The fourth-order valence-electron chi connectivity index (χ4n) is 6.37. The van der Waals surface area contributed by atoms with Gasteiger partial charge in [0.25, 0.3) is 0 Å². The summed E-state index contributed by atoms with van der Waals surface area (Å²) in [6.45, 7) is 2.34. The fraction of sp³-hybridized carbons (Fsp3) is 0.529. The average Bonchev–Trinajstić information content (AvgIpc) is 3.90. The largest absolute Gasteiger partial charge is 0.746 e. The van der Waals surface area contributed by atoms with Crippen molar-refractivity contribution in [2.45, 2.75) is 88.6 Å². The Morgan fingerprint density at radius 3 is 1.42 bits per heavy atom. The lowest BCUT2D eigenvalue weighted by Gasteiger charge is -2.24. The minimum atomic E-state index is -4.77. The monoisotopic (exact) mass is 908 g/mol. The number of hydrogen-bond donors (Lipinski definition) is 8. The van der Waals surface area contributed by atoms with Crippen LogP contribution in [0.1, 0.15) is 64.5 Å². The van der Waals surface area contributed by atoms with Crippen molar-refractivity contribution in [3.63, 3.8) is 0 Å². The number of nitrogens with one attached hydrogen (secondary N) is 2. The highest BCUT2D eigenvalue weighted by molar-refractivity contribution is 7.46. The lowest BCUT2D eigenvalue weighted by atomic mass is 10.1. The molecule has 2 saturated carbocycles. The molecule has 18 N–H and O–H groups in total. The molecule has 26 nitrogen and oxygen atoms in total. The van der Waals surface area contributed by atoms with Crippen LogP contribution in [0, 0.1) is 11.8 Å². The van der Waals surface area contributed by atoms with Crippen molar-refractivity contribution in [2.24, 2.45) is 23.3 Å². The first-order valence-corrected chi connectivity index (χ1v) is 22.1. The standard InChI is InChI=1S/2C17H24N7O5P.2H3N/c2*1-9(18)16(25)29-30(26,27)28-7-10-2-5-12(6-10)24-8-20-13-14(21-11-3-4-11)22-17(19)23-15(13)24;;/h2*2,5,8-12H,3-4,6-7,18H2,1H3,(H,26,27)(H3,19,21,22,23);2*1H3/t2*9-,10+,12-;;/m00../s1. The van der Waals surface area contributed by atoms with Gasteiger partial charge in [-0.3, -0.25) is 18.7 Å². The van der Waals surface area contributed by atoms with E-state index in [-0.39, 0.29) is 61.3 Å². The zero-order chi connectivity index (χ0) is 42.9. The van der Waals surface area contributed by atoms with Gasteiger partial charge < -0.3 is 82.9 Å². The first kappa shape index (κ1) is 47.9. The molecule has 4 aromatic heterocycles. The highest BCUT2D eigenvalue weighted by Crippen LogP contribution is 2.43. The van der Waals surface area contributed by atoms with Crippen LogP contribution in [-0.2, 0) is 36.8 Å². The summed E-state index contributed by atoms with van der Waals surface area (Å²) >= 11 is 0. The van der Waals surface area contributed by atoms with Gasteiger partial charge in [0.1, 0.15) is 12.1 Å². The van der Waals surface area contributed by atoms with Crippen molar-refractivity contribution < 1.29 is 46.6 Å². The van der Waals surface area contributed by atoms with Crippen molar-refractivity contribution in [3.8, 4) is 0 Å². The van der Waals surface area contributed by atoms with E-state index in [1.54, 1.807) is 12.7 Å². The van der Waals surface area contributed by atoms with Crippen molar-refractivity contribution in [2.75, 3.05) is 35.3 Å². The van der Waals surface area contributed by atoms with E-state index in [2.05, 4.69) is 49.6 Å². The zero-order valence-corrected chi connectivity index (χ0v) is 36.4. The number of phosphoric ester groups is 2. The highest BCUT2D eigenvalue weighted by Gasteiger charge is 2.30. The number of aromatic nitrogens is 8. The Bertz CT molecular complexity index is 2240. The van der Waals surface area contributed by atoms with Gasteiger partial charge in [-0.05, 0) is 52.4 Å². The Kier molecular flexibility index (Phi) is 15.1. The molecule has 62 heavy (non-hydrogen) atoms. The smallest absolute Gasteiger partial charge is 0.328 e. The molecule has 0 aliphatic heterocycles. The number of nitrogens with zero attached hydrogens (tertiary/aromatic N) is 8. The van der Waals surface area contributed by atoms with Gasteiger partial charge in [-0.15, -0.1) is 0 Å². The van der Waals surface area contributed by atoms with E-state index in [9.17, 15) is 28.5 Å². The molecule has 2 unspecified atom stereocenters. The van der Waals surface area contributed by atoms with E-state index in [1.165, 1.54) is 13.8 Å². The SMILES string of the molecule is C[C@H](N)C(=O)OP(=O)([O-])OC[C@@H]1C=C[C@H](n2cnc3c(NC4CC4)nc(N)nc32)C1.C[C@H](N)C(=O)OP(=O)([O-])OC[C@@H]1C=C[C@H](n2cnc3c(NC4CC4)nc(N)nc32)C1.[NH4+].[NH4+]. The van der Waals surface area contributed by atoms with Crippen LogP contribution in [0.2, 0.25) is 0 Å². The number of carbonyl (C=O) groups excluding carboxylic acids is 2. The van der Waals surface area contributed by atoms with E-state index in [0.29, 0.717) is 58.9 Å². The van der Waals surface area contributed by atoms with Gasteiger partial charge in [0, 0.05) is 23.9 Å². The second kappa shape index (κ2) is 19.5. The van der Waals surface area contributed by atoms with E-state index < -0.39 is 39.7 Å². The molecule has 0 radical (unpaired) electrons. The topological polar surface area (TPSA) is 440 Å². The second-order valence-electron chi connectivity index (χ2n) is 15.1. The summed E-state index contributed by atoms with van der Waals surface area (Å²) in [4.78, 5) is 72.3. The molecular formula is C34H54N16O10P2. The van der Waals surface area contributed by atoms with Gasteiger partial charge >= 0.3 is 27.6 Å².